The molecule has 1 aromatic carbocycles. The van der Waals surface area contributed by atoms with Gasteiger partial charge >= 0.3 is 8.56 Å². The fraction of sp³-hybridized carbons (Fsp3) is 0.429. The van der Waals surface area contributed by atoms with Crippen LogP contribution in [0.4, 0.5) is 0 Å². The van der Waals surface area contributed by atoms with Gasteiger partial charge in [-0.2, -0.15) is 0 Å². The monoisotopic (exact) mass is 250 g/mol. The molecule has 1 rings (SSSR count). The molecule has 1 unspecified atom stereocenters. The lowest BCUT2D eigenvalue weighted by Gasteiger charge is -2.27. The quantitative estimate of drug-likeness (QED) is 0.674. The van der Waals surface area contributed by atoms with Gasteiger partial charge in [0.25, 0.3) is 0 Å². The van der Waals surface area contributed by atoms with Crippen molar-refractivity contribution >= 4 is 14.6 Å². The van der Waals surface area contributed by atoms with E-state index < -0.39 is 8.56 Å². The second-order valence-electron chi connectivity index (χ2n) is 4.19. The smallest absolute Gasteiger partial charge is 0.395 e. The van der Waals surface area contributed by atoms with Crippen LogP contribution in [0.25, 0.3) is 6.08 Å². The van der Waals surface area contributed by atoms with Crippen molar-refractivity contribution in [1.29, 1.82) is 0 Å². The Morgan fingerprint density at radius 1 is 1.24 bits per heavy atom. The molecule has 0 N–H and O–H groups in total. The third kappa shape index (κ3) is 4.36. The molecule has 0 aliphatic rings. The SMILES string of the molecule is C=Cc1ccc(O[Si](C)(CCC)OCC)cc1. The predicted octanol–water partition coefficient (Wildman–Crippen LogP) is 4.23. The fourth-order valence-corrected chi connectivity index (χ4v) is 4.29. The summed E-state index contributed by atoms with van der Waals surface area (Å²) in [5.74, 6) is 0.895. The van der Waals surface area contributed by atoms with Crippen LogP contribution in [-0.4, -0.2) is 15.2 Å². The number of benzene rings is 1. The summed E-state index contributed by atoms with van der Waals surface area (Å²) in [4.78, 5) is 0. The second-order valence-corrected chi connectivity index (χ2v) is 7.45. The van der Waals surface area contributed by atoms with Crippen LogP contribution in [0.2, 0.25) is 12.6 Å². The van der Waals surface area contributed by atoms with E-state index in [-0.39, 0.29) is 0 Å². The summed E-state index contributed by atoms with van der Waals surface area (Å²) in [6.45, 7) is 10.8. The lowest BCUT2D eigenvalue weighted by atomic mass is 10.2. The van der Waals surface area contributed by atoms with Crippen molar-refractivity contribution in [2.24, 2.45) is 0 Å². The molecule has 0 heterocycles. The molecule has 0 aliphatic carbocycles. The number of hydrogen-bond donors (Lipinski definition) is 0. The van der Waals surface area contributed by atoms with Crippen molar-refractivity contribution in [3.63, 3.8) is 0 Å². The van der Waals surface area contributed by atoms with E-state index in [1.807, 2.05) is 37.3 Å². The van der Waals surface area contributed by atoms with Crippen LogP contribution < -0.4 is 4.43 Å². The van der Waals surface area contributed by atoms with Crippen LogP contribution >= 0.6 is 0 Å². The summed E-state index contributed by atoms with van der Waals surface area (Å²) in [7, 11) is -2.04. The summed E-state index contributed by atoms with van der Waals surface area (Å²) in [6, 6.07) is 9.00. The zero-order valence-electron chi connectivity index (χ0n) is 11.0. The van der Waals surface area contributed by atoms with Gasteiger partial charge < -0.3 is 8.85 Å². The Morgan fingerprint density at radius 3 is 2.35 bits per heavy atom. The lowest BCUT2D eigenvalue weighted by molar-refractivity contribution is 0.256. The Bertz CT molecular complexity index is 340. The van der Waals surface area contributed by atoms with Crippen molar-refractivity contribution in [2.45, 2.75) is 32.9 Å². The van der Waals surface area contributed by atoms with Gasteiger partial charge in [0.05, 0.1) is 0 Å². The summed E-state index contributed by atoms with van der Waals surface area (Å²) < 4.78 is 11.9. The van der Waals surface area contributed by atoms with Crippen LogP contribution in [0.1, 0.15) is 25.8 Å². The molecule has 0 aliphatic heterocycles. The van der Waals surface area contributed by atoms with Crippen molar-refractivity contribution < 1.29 is 8.85 Å². The Kier molecular flexibility index (Phi) is 5.45. The van der Waals surface area contributed by atoms with E-state index in [4.69, 9.17) is 8.85 Å². The molecule has 1 aromatic rings. The van der Waals surface area contributed by atoms with E-state index in [2.05, 4.69) is 20.0 Å². The van der Waals surface area contributed by atoms with E-state index in [0.717, 1.165) is 23.8 Å². The Balaban J connectivity index is 2.74. The minimum Gasteiger partial charge on any atom is -0.520 e. The number of hydrogen-bond acceptors (Lipinski definition) is 2. The van der Waals surface area contributed by atoms with E-state index in [1.54, 1.807) is 0 Å². The number of rotatable bonds is 7. The van der Waals surface area contributed by atoms with Crippen molar-refractivity contribution in [2.75, 3.05) is 6.61 Å². The minimum atomic E-state index is -2.04. The van der Waals surface area contributed by atoms with Gasteiger partial charge in [0.1, 0.15) is 5.75 Å². The standard InChI is InChI=1S/C14H22O2Si/c1-5-12-17(4,15-7-3)16-14-10-8-13(6-2)9-11-14/h6,8-11H,2,5,7,12H2,1,3-4H3. The Labute approximate surface area is 106 Å². The summed E-state index contributed by atoms with van der Waals surface area (Å²) in [5, 5.41) is 0. The molecule has 0 aromatic heterocycles. The van der Waals surface area contributed by atoms with Crippen LogP contribution in [0.5, 0.6) is 5.75 Å². The first-order valence-corrected chi connectivity index (χ1v) is 8.71. The van der Waals surface area contributed by atoms with Crippen molar-refractivity contribution in [3.8, 4) is 5.75 Å². The van der Waals surface area contributed by atoms with Gasteiger partial charge in [-0.25, -0.2) is 0 Å². The highest BCUT2D eigenvalue weighted by Gasteiger charge is 2.32. The fourth-order valence-electron chi connectivity index (χ4n) is 1.83. The third-order valence-corrected chi connectivity index (χ3v) is 5.58. The summed E-state index contributed by atoms with van der Waals surface area (Å²) in [5.41, 5.74) is 1.10. The van der Waals surface area contributed by atoms with Gasteiger partial charge in [0.15, 0.2) is 0 Å². The molecule has 3 heteroatoms. The largest absolute Gasteiger partial charge is 0.520 e. The van der Waals surface area contributed by atoms with Gasteiger partial charge in [-0.3, -0.25) is 0 Å². The van der Waals surface area contributed by atoms with Crippen molar-refractivity contribution in [3.05, 3.63) is 36.4 Å². The van der Waals surface area contributed by atoms with E-state index in [1.165, 1.54) is 0 Å². The van der Waals surface area contributed by atoms with E-state index >= 15 is 0 Å². The van der Waals surface area contributed by atoms with Crippen molar-refractivity contribution in [1.82, 2.24) is 0 Å². The van der Waals surface area contributed by atoms with Gasteiger partial charge in [-0.15, -0.1) is 0 Å². The maximum Gasteiger partial charge on any atom is 0.395 e. The molecule has 17 heavy (non-hydrogen) atoms. The molecule has 0 spiro atoms. The molecule has 0 amide bonds. The highest BCUT2D eigenvalue weighted by atomic mass is 28.4. The normalized spacial score (nSPS) is 14.1. The first kappa shape index (κ1) is 14.0. The Morgan fingerprint density at radius 2 is 1.88 bits per heavy atom. The second kappa shape index (κ2) is 6.62. The summed E-state index contributed by atoms with van der Waals surface area (Å²) >= 11 is 0. The highest BCUT2D eigenvalue weighted by molar-refractivity contribution is 6.66. The average Bonchev–Trinajstić information content (AvgIpc) is 2.30. The van der Waals surface area contributed by atoms with Crippen LogP contribution in [0.3, 0.4) is 0 Å². The van der Waals surface area contributed by atoms with Gasteiger partial charge in [-0.05, 0) is 31.2 Å². The molecule has 0 saturated heterocycles. The maximum absolute atomic E-state index is 6.06. The highest BCUT2D eigenvalue weighted by Crippen LogP contribution is 2.21. The Hall–Kier alpha value is -1.06. The lowest BCUT2D eigenvalue weighted by Crippen LogP contribution is -2.41. The molecular formula is C14H22O2Si. The first-order valence-electron chi connectivity index (χ1n) is 6.19. The van der Waals surface area contributed by atoms with Gasteiger partial charge in [0, 0.05) is 12.7 Å². The third-order valence-electron chi connectivity index (χ3n) is 2.60. The topological polar surface area (TPSA) is 18.5 Å². The van der Waals surface area contributed by atoms with E-state index in [0.29, 0.717) is 6.61 Å². The summed E-state index contributed by atoms with van der Waals surface area (Å²) in [6.07, 6.45) is 2.92. The zero-order valence-corrected chi connectivity index (χ0v) is 12.0. The minimum absolute atomic E-state index is 0.716. The molecule has 94 valence electrons. The van der Waals surface area contributed by atoms with Crippen LogP contribution in [0, 0.1) is 0 Å². The van der Waals surface area contributed by atoms with Gasteiger partial charge in [-0.1, -0.05) is 38.1 Å². The first-order chi connectivity index (χ1) is 8.13. The van der Waals surface area contributed by atoms with E-state index in [9.17, 15) is 0 Å². The van der Waals surface area contributed by atoms with Crippen LogP contribution in [-0.2, 0) is 4.43 Å². The molecule has 0 radical (unpaired) electrons. The molecule has 0 bridgehead atoms. The predicted molar refractivity (Wildman–Crippen MR) is 75.5 cm³/mol. The molecule has 2 nitrogen and oxygen atoms in total. The molecular weight excluding hydrogens is 228 g/mol. The average molecular weight is 250 g/mol. The molecule has 0 saturated carbocycles. The molecule has 1 atom stereocenters. The zero-order chi connectivity index (χ0) is 12.7. The maximum atomic E-state index is 6.06. The van der Waals surface area contributed by atoms with Gasteiger partial charge in [0.2, 0.25) is 0 Å². The molecule has 0 fully saturated rings. The van der Waals surface area contributed by atoms with Crippen LogP contribution in [0.15, 0.2) is 30.8 Å².